The zero-order valence-corrected chi connectivity index (χ0v) is 12.9. The van der Waals surface area contributed by atoms with Gasteiger partial charge in [-0.1, -0.05) is 6.92 Å². The quantitative estimate of drug-likeness (QED) is 0.530. The van der Waals surface area contributed by atoms with Crippen LogP contribution in [0.3, 0.4) is 0 Å². The maximum atomic E-state index is 12.0. The topological polar surface area (TPSA) is 79.3 Å². The van der Waals surface area contributed by atoms with E-state index < -0.39 is 11.9 Å². The first-order valence-electron chi connectivity index (χ1n) is 7.07. The molecule has 0 saturated carbocycles. The van der Waals surface area contributed by atoms with Crippen molar-refractivity contribution in [3.63, 3.8) is 0 Å². The third-order valence-electron chi connectivity index (χ3n) is 2.95. The molecule has 0 bridgehead atoms. The average molecular weight is 300 g/mol. The second-order valence-electron chi connectivity index (χ2n) is 5.20. The van der Waals surface area contributed by atoms with Gasteiger partial charge < -0.3 is 24.4 Å². The highest BCUT2D eigenvalue weighted by Gasteiger charge is 2.27. The molecule has 0 aliphatic carbocycles. The van der Waals surface area contributed by atoms with Gasteiger partial charge in [-0.15, -0.1) is 0 Å². The lowest BCUT2D eigenvalue weighted by Crippen LogP contribution is -2.47. The summed E-state index contributed by atoms with van der Waals surface area (Å²) in [4.78, 5) is 26.7. The van der Waals surface area contributed by atoms with Crippen molar-refractivity contribution in [2.24, 2.45) is 0 Å². The second-order valence-corrected chi connectivity index (χ2v) is 5.20. The molecule has 21 heavy (non-hydrogen) atoms. The number of hydrogen-bond acceptors (Lipinski definition) is 6. The number of nitrogens with zero attached hydrogens (tertiary/aromatic N) is 2. The van der Waals surface area contributed by atoms with Gasteiger partial charge in [0.1, 0.15) is 5.70 Å². The van der Waals surface area contributed by atoms with E-state index in [4.69, 9.17) is 14.6 Å². The summed E-state index contributed by atoms with van der Waals surface area (Å²) in [6.45, 7) is 4.27. The van der Waals surface area contributed by atoms with Crippen molar-refractivity contribution in [2.75, 3.05) is 46.9 Å². The Bertz CT molecular complexity index is 395. The van der Waals surface area contributed by atoms with E-state index >= 15 is 0 Å². The molecule has 1 N–H and O–H groups in total. The van der Waals surface area contributed by atoms with Gasteiger partial charge in [0.15, 0.2) is 0 Å². The minimum Gasteiger partial charge on any atom is -0.478 e. The minimum atomic E-state index is -1.16. The first-order chi connectivity index (χ1) is 9.93. The Morgan fingerprint density at radius 3 is 2.76 bits per heavy atom. The fourth-order valence-corrected chi connectivity index (χ4v) is 2.12. The number of aliphatic carboxylic acids is 1. The van der Waals surface area contributed by atoms with Crippen LogP contribution in [0.5, 0.6) is 0 Å². The summed E-state index contributed by atoms with van der Waals surface area (Å²) in [6, 6.07) is 0. The van der Waals surface area contributed by atoms with E-state index in [0.29, 0.717) is 32.7 Å². The molecular formula is C14H24N2O5. The van der Waals surface area contributed by atoms with Gasteiger partial charge in [0, 0.05) is 19.6 Å². The number of esters is 1. The summed E-state index contributed by atoms with van der Waals surface area (Å²) in [7, 11) is 3.87. The third-order valence-corrected chi connectivity index (χ3v) is 2.95. The lowest BCUT2D eigenvalue weighted by molar-refractivity contribution is -0.143. The van der Waals surface area contributed by atoms with Crippen molar-refractivity contribution in [2.45, 2.75) is 19.4 Å². The monoisotopic (exact) mass is 300 g/mol. The lowest BCUT2D eigenvalue weighted by Gasteiger charge is -2.35. The van der Waals surface area contributed by atoms with Crippen LogP contribution in [0.15, 0.2) is 11.8 Å². The molecule has 0 aromatic carbocycles. The van der Waals surface area contributed by atoms with Crippen molar-refractivity contribution in [1.82, 2.24) is 9.80 Å². The lowest BCUT2D eigenvalue weighted by atomic mass is 10.2. The minimum absolute atomic E-state index is 0.0649. The highest BCUT2D eigenvalue weighted by Crippen LogP contribution is 2.14. The van der Waals surface area contributed by atoms with Gasteiger partial charge in [-0.25, -0.2) is 9.59 Å². The summed E-state index contributed by atoms with van der Waals surface area (Å²) in [6.07, 6.45) is 1.54. The van der Waals surface area contributed by atoms with E-state index in [1.807, 2.05) is 25.9 Å². The molecule has 1 saturated heterocycles. The number of hydrogen-bond donors (Lipinski definition) is 1. The zero-order valence-electron chi connectivity index (χ0n) is 12.9. The van der Waals surface area contributed by atoms with Crippen molar-refractivity contribution >= 4 is 11.9 Å². The number of likely N-dealkylation sites (N-methyl/N-ethyl adjacent to an activating group) is 1. The molecule has 7 nitrogen and oxygen atoms in total. The van der Waals surface area contributed by atoms with Crippen molar-refractivity contribution < 1.29 is 24.2 Å². The summed E-state index contributed by atoms with van der Waals surface area (Å²) >= 11 is 0. The average Bonchev–Trinajstić information content (AvgIpc) is 2.41. The molecule has 0 amide bonds. The van der Waals surface area contributed by atoms with Gasteiger partial charge in [-0.2, -0.15) is 0 Å². The number of ether oxygens (including phenoxy) is 2. The van der Waals surface area contributed by atoms with Crippen molar-refractivity contribution in [1.29, 1.82) is 0 Å². The van der Waals surface area contributed by atoms with Gasteiger partial charge in [0.2, 0.25) is 0 Å². The van der Waals surface area contributed by atoms with Crippen LogP contribution < -0.4 is 0 Å². The maximum absolute atomic E-state index is 12.0. The zero-order chi connectivity index (χ0) is 15.8. The molecule has 1 unspecified atom stereocenters. The maximum Gasteiger partial charge on any atom is 0.354 e. The number of carboxylic acid groups (broad SMARTS) is 1. The van der Waals surface area contributed by atoms with Crippen LogP contribution in [0.4, 0.5) is 0 Å². The van der Waals surface area contributed by atoms with Crippen LogP contribution >= 0.6 is 0 Å². The molecule has 1 heterocycles. The Morgan fingerprint density at radius 2 is 2.19 bits per heavy atom. The molecule has 7 heteroatoms. The first kappa shape index (κ1) is 17.5. The van der Waals surface area contributed by atoms with Crippen LogP contribution in [0.25, 0.3) is 0 Å². The highest BCUT2D eigenvalue weighted by molar-refractivity contribution is 5.95. The highest BCUT2D eigenvalue weighted by atomic mass is 16.5. The van der Waals surface area contributed by atoms with E-state index in [1.165, 1.54) is 0 Å². The van der Waals surface area contributed by atoms with E-state index in [1.54, 1.807) is 4.90 Å². The van der Waals surface area contributed by atoms with Gasteiger partial charge in [-0.3, -0.25) is 0 Å². The standard InChI is InChI=1S/C14H24N2O5/c1-4-6-21-14(19)12(8-13(17)18)16-5-7-20-11(10-16)9-15(2)3/h8,11H,4-7,9-10H2,1-3H3,(H,17,18)/b12-8-. The van der Waals surface area contributed by atoms with Crippen LogP contribution in [0, 0.1) is 0 Å². The summed E-state index contributed by atoms with van der Waals surface area (Å²) in [5, 5.41) is 8.95. The molecule has 0 radical (unpaired) electrons. The molecule has 1 aliphatic rings. The van der Waals surface area contributed by atoms with Gasteiger partial charge in [-0.05, 0) is 20.5 Å². The molecular weight excluding hydrogens is 276 g/mol. The molecule has 1 rings (SSSR count). The molecule has 1 atom stereocenters. The van der Waals surface area contributed by atoms with Crippen LogP contribution in [0.1, 0.15) is 13.3 Å². The number of carbonyl (C=O) groups excluding carboxylic acids is 1. The predicted octanol–water partition coefficient (Wildman–Crippen LogP) is 0.171. The largest absolute Gasteiger partial charge is 0.478 e. The Balaban J connectivity index is 2.78. The molecule has 0 spiro atoms. The molecule has 1 fully saturated rings. The first-order valence-corrected chi connectivity index (χ1v) is 7.07. The molecule has 1 aliphatic heterocycles. The van der Waals surface area contributed by atoms with Crippen molar-refractivity contribution in [3.05, 3.63) is 11.8 Å². The number of carbonyl (C=O) groups is 2. The van der Waals surface area contributed by atoms with Crippen LogP contribution in [0.2, 0.25) is 0 Å². The Labute approximate surface area is 125 Å². The normalized spacial score (nSPS) is 19.7. The van der Waals surface area contributed by atoms with Crippen molar-refractivity contribution in [3.8, 4) is 0 Å². The fourth-order valence-electron chi connectivity index (χ4n) is 2.12. The third kappa shape index (κ3) is 6.14. The predicted molar refractivity (Wildman–Crippen MR) is 76.8 cm³/mol. The molecule has 120 valence electrons. The number of morpholine rings is 1. The summed E-state index contributed by atoms with van der Waals surface area (Å²) in [5.41, 5.74) is 0.0861. The van der Waals surface area contributed by atoms with E-state index in [2.05, 4.69) is 0 Å². The smallest absolute Gasteiger partial charge is 0.354 e. The van der Waals surface area contributed by atoms with E-state index in [0.717, 1.165) is 6.08 Å². The summed E-state index contributed by atoms with van der Waals surface area (Å²) in [5.74, 6) is -1.75. The van der Waals surface area contributed by atoms with Gasteiger partial charge in [0.25, 0.3) is 0 Å². The Hall–Kier alpha value is -1.60. The van der Waals surface area contributed by atoms with Gasteiger partial charge >= 0.3 is 11.9 Å². The van der Waals surface area contributed by atoms with Gasteiger partial charge in [0.05, 0.1) is 25.4 Å². The Morgan fingerprint density at radius 1 is 1.48 bits per heavy atom. The summed E-state index contributed by atoms with van der Waals surface area (Å²) < 4.78 is 10.7. The number of carboxylic acids is 1. The molecule has 0 aromatic heterocycles. The van der Waals surface area contributed by atoms with E-state index in [9.17, 15) is 9.59 Å². The van der Waals surface area contributed by atoms with Crippen LogP contribution in [-0.2, 0) is 19.1 Å². The second kappa shape index (κ2) is 8.63. The Kier molecular flexibility index (Phi) is 7.18. The fraction of sp³-hybridized carbons (Fsp3) is 0.714. The SMILES string of the molecule is CCCOC(=O)/C(=C/C(=O)O)N1CCOC(CN(C)C)C1. The number of rotatable bonds is 7. The molecule has 0 aromatic rings. The van der Waals surface area contributed by atoms with E-state index in [-0.39, 0.29) is 18.4 Å². The van der Waals surface area contributed by atoms with Crippen LogP contribution in [-0.4, -0.2) is 79.9 Å².